The van der Waals surface area contributed by atoms with Gasteiger partial charge in [0.05, 0.1) is 12.6 Å². The number of carbonyl (C=O) groups excluding carboxylic acids is 2. The molecule has 0 fully saturated rings. The van der Waals surface area contributed by atoms with E-state index >= 15 is 0 Å². The van der Waals surface area contributed by atoms with Gasteiger partial charge >= 0.3 is 6.09 Å². The van der Waals surface area contributed by atoms with Crippen molar-refractivity contribution >= 4 is 11.9 Å². The molecule has 1 aromatic carbocycles. The summed E-state index contributed by atoms with van der Waals surface area (Å²) in [7, 11) is 0. The van der Waals surface area contributed by atoms with E-state index in [4.69, 9.17) is 4.74 Å². The summed E-state index contributed by atoms with van der Waals surface area (Å²) in [6.07, 6.45) is 5.11. The minimum Gasteiger partial charge on any atom is -0.449 e. The largest absolute Gasteiger partial charge is 0.449 e. The molecule has 2 aromatic rings. The van der Waals surface area contributed by atoms with Crippen molar-refractivity contribution in [2.24, 2.45) is 0 Å². The molecule has 1 atom stereocenters. The van der Waals surface area contributed by atoms with Crippen LogP contribution in [0.25, 0.3) is 0 Å². The lowest BCUT2D eigenvalue weighted by molar-refractivity contribution is 0.0910. The highest BCUT2D eigenvalue weighted by Crippen LogP contribution is 2.40. The fraction of sp³-hybridized carbons (Fsp3) is 0.500. The minimum atomic E-state index is -0.496. The molecular formula is C24H29FN2O3. The van der Waals surface area contributed by atoms with Crippen LogP contribution in [-0.4, -0.2) is 29.1 Å². The highest BCUT2D eigenvalue weighted by molar-refractivity contribution is 6.00. The van der Waals surface area contributed by atoms with Gasteiger partial charge in [-0.2, -0.15) is 0 Å². The number of ether oxygens (including phenoxy) is 1. The Balaban J connectivity index is 1.80. The van der Waals surface area contributed by atoms with Crippen LogP contribution in [0.1, 0.15) is 72.9 Å². The molecule has 1 unspecified atom stereocenters. The second-order valence-electron chi connectivity index (χ2n) is 8.74. The molecular weight excluding hydrogens is 383 g/mol. The van der Waals surface area contributed by atoms with Gasteiger partial charge in [-0.25, -0.2) is 9.18 Å². The molecule has 1 aliphatic carbocycles. The smallest absolute Gasteiger partial charge is 0.418 e. The normalized spacial score (nSPS) is 20.1. The molecule has 6 heteroatoms. The van der Waals surface area contributed by atoms with Gasteiger partial charge in [0, 0.05) is 28.9 Å². The van der Waals surface area contributed by atoms with Crippen LogP contribution in [0.3, 0.4) is 0 Å². The summed E-state index contributed by atoms with van der Waals surface area (Å²) in [6.45, 7) is 6.24. The first-order valence-electron chi connectivity index (χ1n) is 10.8. The Labute approximate surface area is 176 Å². The van der Waals surface area contributed by atoms with Gasteiger partial charge in [0.15, 0.2) is 5.78 Å². The number of rotatable bonds is 3. The second-order valence-corrected chi connectivity index (χ2v) is 8.74. The predicted octanol–water partition coefficient (Wildman–Crippen LogP) is 4.53. The Morgan fingerprint density at radius 1 is 1.13 bits per heavy atom. The van der Waals surface area contributed by atoms with E-state index in [0.29, 0.717) is 18.6 Å². The van der Waals surface area contributed by atoms with Gasteiger partial charge in [-0.1, -0.05) is 6.42 Å². The number of hydrogen-bond acceptors (Lipinski definition) is 4. The molecule has 5 nitrogen and oxygen atoms in total. The molecule has 30 heavy (non-hydrogen) atoms. The van der Waals surface area contributed by atoms with Gasteiger partial charge < -0.3 is 4.74 Å². The standard InChI is InChI=1S/C24H29FN2O3/c1-4-30-23(29)27-19-9-7-5-6-8-17(19)21-20(27)14-18(26-24(21,2)3)22(28)15-10-12-16(25)13-11-15/h10-13,18,26H,4-9,14H2,1-3H3. The fourth-order valence-corrected chi connectivity index (χ4v) is 5.10. The van der Waals surface area contributed by atoms with Gasteiger partial charge in [-0.05, 0) is 81.8 Å². The quantitative estimate of drug-likeness (QED) is 0.594. The third kappa shape index (κ3) is 3.58. The van der Waals surface area contributed by atoms with Crippen LogP contribution in [0.2, 0.25) is 0 Å². The number of hydrogen-bond donors (Lipinski definition) is 1. The van der Waals surface area contributed by atoms with Gasteiger partial charge in [-0.15, -0.1) is 0 Å². The first-order chi connectivity index (χ1) is 14.3. The average Bonchev–Trinajstić information content (AvgIpc) is 2.84. The summed E-state index contributed by atoms with van der Waals surface area (Å²) >= 11 is 0. The van der Waals surface area contributed by atoms with Crippen LogP contribution < -0.4 is 5.32 Å². The second kappa shape index (κ2) is 7.99. The molecule has 2 aliphatic rings. The van der Waals surface area contributed by atoms with E-state index in [9.17, 15) is 14.0 Å². The van der Waals surface area contributed by atoms with Crippen LogP contribution in [-0.2, 0) is 29.5 Å². The molecule has 4 rings (SSSR count). The maximum absolute atomic E-state index is 13.3. The zero-order chi connectivity index (χ0) is 21.5. The number of ketones is 1. The van der Waals surface area contributed by atoms with Gasteiger partial charge in [0.1, 0.15) is 5.82 Å². The van der Waals surface area contributed by atoms with Crippen LogP contribution in [0, 0.1) is 5.82 Å². The van der Waals surface area contributed by atoms with Crippen molar-refractivity contribution in [1.29, 1.82) is 0 Å². The number of Topliss-reactive ketones (excluding diaryl/α,β-unsaturated/α-hetero) is 1. The van der Waals surface area contributed by atoms with Crippen molar-refractivity contribution in [2.45, 2.75) is 70.9 Å². The molecule has 0 saturated heterocycles. The lowest BCUT2D eigenvalue weighted by Gasteiger charge is -2.38. The Morgan fingerprint density at radius 2 is 1.83 bits per heavy atom. The van der Waals surface area contributed by atoms with E-state index in [1.165, 1.54) is 29.8 Å². The average molecular weight is 413 g/mol. The minimum absolute atomic E-state index is 0.0967. The van der Waals surface area contributed by atoms with Crippen LogP contribution >= 0.6 is 0 Å². The van der Waals surface area contributed by atoms with Crippen molar-refractivity contribution in [1.82, 2.24) is 9.88 Å². The monoisotopic (exact) mass is 412 g/mol. The molecule has 1 N–H and O–H groups in total. The molecule has 0 bridgehead atoms. The Morgan fingerprint density at radius 3 is 2.53 bits per heavy atom. The molecule has 0 spiro atoms. The van der Waals surface area contributed by atoms with Crippen molar-refractivity contribution in [2.75, 3.05) is 6.61 Å². The number of halogens is 1. The number of nitrogens with one attached hydrogen (secondary N) is 1. The molecule has 160 valence electrons. The van der Waals surface area contributed by atoms with Gasteiger partial charge in [0.2, 0.25) is 0 Å². The van der Waals surface area contributed by atoms with Gasteiger partial charge in [0.25, 0.3) is 0 Å². The number of nitrogens with zero attached hydrogens (tertiary/aromatic N) is 1. The third-order valence-corrected chi connectivity index (χ3v) is 6.27. The number of benzene rings is 1. The highest BCUT2D eigenvalue weighted by Gasteiger charge is 2.42. The first kappa shape index (κ1) is 20.8. The zero-order valence-electron chi connectivity index (χ0n) is 17.9. The summed E-state index contributed by atoms with van der Waals surface area (Å²) in [4.78, 5) is 26.2. The van der Waals surface area contributed by atoms with Gasteiger partial charge in [-0.3, -0.25) is 14.7 Å². The molecule has 1 aliphatic heterocycles. The first-order valence-corrected chi connectivity index (χ1v) is 10.8. The summed E-state index contributed by atoms with van der Waals surface area (Å²) < 4.78 is 20.5. The van der Waals surface area contributed by atoms with Crippen LogP contribution in [0.5, 0.6) is 0 Å². The number of carbonyl (C=O) groups is 2. The lowest BCUT2D eigenvalue weighted by atomic mass is 9.81. The zero-order valence-corrected chi connectivity index (χ0v) is 17.9. The van der Waals surface area contributed by atoms with Crippen molar-refractivity contribution in [3.8, 4) is 0 Å². The fourth-order valence-electron chi connectivity index (χ4n) is 5.10. The topological polar surface area (TPSA) is 60.3 Å². The SMILES string of the molecule is CCOC(=O)n1c2c(c3c1CC(C(=O)c1ccc(F)cc1)NC3(C)C)CCCCC2. The molecule has 1 aromatic heterocycles. The van der Waals surface area contributed by atoms with E-state index in [1.807, 2.05) is 0 Å². The van der Waals surface area contributed by atoms with Crippen molar-refractivity contribution in [3.05, 3.63) is 58.2 Å². The number of fused-ring (bicyclic) bond motifs is 3. The van der Waals surface area contributed by atoms with E-state index in [0.717, 1.165) is 49.1 Å². The van der Waals surface area contributed by atoms with E-state index in [1.54, 1.807) is 11.5 Å². The molecule has 2 heterocycles. The van der Waals surface area contributed by atoms with Crippen molar-refractivity contribution < 1.29 is 18.7 Å². The molecule has 0 radical (unpaired) electrons. The van der Waals surface area contributed by atoms with E-state index in [2.05, 4.69) is 19.2 Å². The lowest BCUT2D eigenvalue weighted by Crippen LogP contribution is -2.53. The van der Waals surface area contributed by atoms with E-state index < -0.39 is 11.6 Å². The number of aromatic nitrogens is 1. The molecule has 0 amide bonds. The maximum Gasteiger partial charge on any atom is 0.418 e. The third-order valence-electron chi connectivity index (χ3n) is 6.27. The van der Waals surface area contributed by atoms with E-state index in [-0.39, 0.29) is 17.7 Å². The van der Waals surface area contributed by atoms with Crippen molar-refractivity contribution in [3.63, 3.8) is 0 Å². The van der Waals surface area contributed by atoms with Crippen LogP contribution in [0.4, 0.5) is 9.18 Å². The Kier molecular flexibility index (Phi) is 5.53. The summed E-state index contributed by atoms with van der Waals surface area (Å²) in [5, 5.41) is 3.51. The summed E-state index contributed by atoms with van der Waals surface area (Å²) in [5.74, 6) is -0.466. The summed E-state index contributed by atoms with van der Waals surface area (Å²) in [5.41, 5.74) is 4.28. The Bertz CT molecular complexity index is 975. The van der Waals surface area contributed by atoms with Crippen LogP contribution in [0.15, 0.2) is 24.3 Å². The maximum atomic E-state index is 13.3. The molecule has 0 saturated carbocycles. The predicted molar refractivity (Wildman–Crippen MR) is 112 cm³/mol. The summed E-state index contributed by atoms with van der Waals surface area (Å²) in [6, 6.07) is 5.14. The highest BCUT2D eigenvalue weighted by atomic mass is 19.1. The Hall–Kier alpha value is -2.47.